The average molecular weight is 371 g/mol. The molecule has 1 rings (SSSR count). The maximum Gasteiger partial charge on any atom is 0.234 e. The molecule has 0 saturated carbocycles. The topological polar surface area (TPSA) is 61.8 Å². The lowest BCUT2D eigenvalue weighted by Gasteiger charge is -2.26. The fraction of sp³-hybridized carbons (Fsp3) is 0.632. The molecule has 0 bridgehead atoms. The van der Waals surface area contributed by atoms with Gasteiger partial charge in [0.1, 0.15) is 0 Å². The number of hydrogen-bond acceptors (Lipinski definition) is 4. The molecule has 0 radical (unpaired) electrons. The molecular formula is C19H31ClN2O3. The van der Waals surface area contributed by atoms with Crippen molar-refractivity contribution in [2.45, 2.75) is 52.4 Å². The lowest BCUT2D eigenvalue weighted by Crippen LogP contribution is -2.47. The fourth-order valence-corrected chi connectivity index (χ4v) is 2.53. The highest BCUT2D eigenvalue weighted by Crippen LogP contribution is 2.19. The largest absolute Gasteiger partial charge is 0.389 e. The molecule has 0 heterocycles. The Morgan fingerprint density at radius 2 is 1.92 bits per heavy atom. The van der Waals surface area contributed by atoms with E-state index in [9.17, 15) is 9.90 Å². The van der Waals surface area contributed by atoms with Crippen LogP contribution >= 0.6 is 11.6 Å². The van der Waals surface area contributed by atoms with Gasteiger partial charge in [-0.1, -0.05) is 30.7 Å². The van der Waals surface area contributed by atoms with Gasteiger partial charge in [-0.15, -0.1) is 0 Å². The predicted octanol–water partition coefficient (Wildman–Crippen LogP) is 3.02. The molecule has 142 valence electrons. The van der Waals surface area contributed by atoms with Crippen molar-refractivity contribution in [3.63, 3.8) is 0 Å². The number of aliphatic hydroxyl groups excluding tert-OH is 1. The van der Waals surface area contributed by atoms with Crippen LogP contribution in [0.1, 0.15) is 46.3 Å². The predicted molar refractivity (Wildman–Crippen MR) is 102 cm³/mol. The number of nitrogens with one attached hydrogen (secondary N) is 1. The Morgan fingerprint density at radius 3 is 2.44 bits per heavy atom. The second kappa shape index (κ2) is 10.1. The number of ether oxygens (including phenoxy) is 1. The first-order valence-electron chi connectivity index (χ1n) is 8.69. The number of amides is 1. The molecule has 6 heteroatoms. The van der Waals surface area contributed by atoms with Crippen LogP contribution in [0.25, 0.3) is 0 Å². The molecule has 1 amide bonds. The van der Waals surface area contributed by atoms with E-state index in [0.29, 0.717) is 18.1 Å². The fourth-order valence-electron chi connectivity index (χ4n) is 2.40. The van der Waals surface area contributed by atoms with E-state index in [1.165, 1.54) is 0 Å². The molecule has 2 atom stereocenters. The van der Waals surface area contributed by atoms with E-state index in [0.717, 1.165) is 5.56 Å². The number of carbonyl (C=O) groups excluding carboxylic acids is 1. The monoisotopic (exact) mass is 370 g/mol. The van der Waals surface area contributed by atoms with Crippen LogP contribution in [0.4, 0.5) is 0 Å². The van der Waals surface area contributed by atoms with Gasteiger partial charge in [0.2, 0.25) is 5.91 Å². The van der Waals surface area contributed by atoms with E-state index in [4.69, 9.17) is 16.3 Å². The summed E-state index contributed by atoms with van der Waals surface area (Å²) in [5.41, 5.74) is 0.750. The second-order valence-electron chi connectivity index (χ2n) is 7.31. The van der Waals surface area contributed by atoms with Gasteiger partial charge in [0.05, 0.1) is 25.4 Å². The third kappa shape index (κ3) is 9.21. The van der Waals surface area contributed by atoms with Crippen molar-refractivity contribution in [3.05, 3.63) is 34.9 Å². The van der Waals surface area contributed by atoms with Crippen molar-refractivity contribution in [2.24, 2.45) is 0 Å². The molecular weight excluding hydrogens is 340 g/mol. The summed E-state index contributed by atoms with van der Waals surface area (Å²) in [6, 6.07) is 7.46. The van der Waals surface area contributed by atoms with E-state index >= 15 is 0 Å². The van der Waals surface area contributed by atoms with Crippen LogP contribution in [0, 0.1) is 0 Å². The van der Waals surface area contributed by atoms with Crippen molar-refractivity contribution in [1.82, 2.24) is 10.2 Å². The molecule has 25 heavy (non-hydrogen) atoms. The van der Waals surface area contributed by atoms with Gasteiger partial charge >= 0.3 is 0 Å². The van der Waals surface area contributed by atoms with Crippen molar-refractivity contribution in [2.75, 3.05) is 26.2 Å². The molecule has 0 aliphatic rings. The van der Waals surface area contributed by atoms with Crippen LogP contribution in [-0.4, -0.2) is 53.8 Å². The summed E-state index contributed by atoms with van der Waals surface area (Å²) in [6.07, 6.45) is -0.789. The zero-order chi connectivity index (χ0) is 19.0. The van der Waals surface area contributed by atoms with E-state index in [2.05, 4.69) is 5.32 Å². The minimum Gasteiger partial charge on any atom is -0.389 e. The summed E-state index contributed by atoms with van der Waals surface area (Å²) in [4.78, 5) is 13.9. The standard InChI is InChI=1S/C19H31ClN2O3/c1-6-22(12-18(24)21-19(3,4)5)11-17(23)13-25-14(2)15-7-9-16(20)10-8-15/h7-10,14,17,23H,6,11-13H2,1-5H3,(H,21,24). The molecule has 1 aromatic carbocycles. The summed E-state index contributed by atoms with van der Waals surface area (Å²) in [5.74, 6) is -0.0444. The third-order valence-electron chi connectivity index (χ3n) is 3.68. The number of carbonyl (C=O) groups is 1. The molecule has 0 aromatic heterocycles. The summed E-state index contributed by atoms with van der Waals surface area (Å²) in [5, 5.41) is 13.8. The molecule has 0 saturated heterocycles. The molecule has 0 fully saturated rings. The van der Waals surface area contributed by atoms with Gasteiger partial charge in [0.15, 0.2) is 0 Å². The van der Waals surface area contributed by atoms with Crippen molar-refractivity contribution >= 4 is 17.5 Å². The van der Waals surface area contributed by atoms with Gasteiger partial charge in [-0.2, -0.15) is 0 Å². The van der Waals surface area contributed by atoms with Gasteiger partial charge < -0.3 is 15.2 Å². The van der Waals surface area contributed by atoms with Crippen LogP contribution in [-0.2, 0) is 9.53 Å². The van der Waals surface area contributed by atoms with Crippen LogP contribution < -0.4 is 5.32 Å². The number of aliphatic hydroxyl groups is 1. The van der Waals surface area contributed by atoms with Crippen molar-refractivity contribution < 1.29 is 14.6 Å². The minimum absolute atomic E-state index is 0.0444. The van der Waals surface area contributed by atoms with Crippen LogP contribution in [0.2, 0.25) is 5.02 Å². The third-order valence-corrected chi connectivity index (χ3v) is 3.93. The Labute approximate surface area is 156 Å². The Bertz CT molecular complexity index is 528. The smallest absolute Gasteiger partial charge is 0.234 e. The number of halogens is 1. The lowest BCUT2D eigenvalue weighted by atomic mass is 10.1. The zero-order valence-electron chi connectivity index (χ0n) is 15.9. The molecule has 0 aliphatic heterocycles. The lowest BCUT2D eigenvalue weighted by molar-refractivity contribution is -0.124. The number of nitrogens with zero attached hydrogens (tertiary/aromatic N) is 1. The molecule has 1 aromatic rings. The zero-order valence-corrected chi connectivity index (χ0v) is 16.6. The van der Waals surface area contributed by atoms with E-state index < -0.39 is 6.10 Å². The normalized spacial score (nSPS) is 14.4. The number of rotatable bonds is 9. The van der Waals surface area contributed by atoms with Crippen LogP contribution in [0.15, 0.2) is 24.3 Å². The SMILES string of the molecule is CCN(CC(=O)NC(C)(C)C)CC(O)COC(C)c1ccc(Cl)cc1. The molecule has 0 aliphatic carbocycles. The Morgan fingerprint density at radius 1 is 1.32 bits per heavy atom. The molecule has 2 unspecified atom stereocenters. The van der Waals surface area contributed by atoms with Crippen LogP contribution in [0.3, 0.4) is 0 Å². The van der Waals surface area contributed by atoms with Gasteiger partial charge in [-0.3, -0.25) is 9.69 Å². The Hall–Kier alpha value is -1.14. The molecule has 2 N–H and O–H groups in total. The maximum absolute atomic E-state index is 12.0. The Kier molecular flexibility index (Phi) is 8.86. The van der Waals surface area contributed by atoms with Gasteiger partial charge in [0, 0.05) is 17.1 Å². The highest BCUT2D eigenvalue weighted by atomic mass is 35.5. The number of hydrogen-bond donors (Lipinski definition) is 2. The first-order valence-corrected chi connectivity index (χ1v) is 9.07. The van der Waals surface area contributed by atoms with Gasteiger partial charge in [-0.05, 0) is 51.9 Å². The maximum atomic E-state index is 12.0. The molecule has 5 nitrogen and oxygen atoms in total. The highest BCUT2D eigenvalue weighted by molar-refractivity contribution is 6.30. The van der Waals surface area contributed by atoms with Gasteiger partial charge in [0.25, 0.3) is 0 Å². The number of likely N-dealkylation sites (N-methyl/N-ethyl adjacent to an activating group) is 1. The summed E-state index contributed by atoms with van der Waals surface area (Å²) < 4.78 is 5.74. The van der Waals surface area contributed by atoms with E-state index in [1.54, 1.807) is 0 Å². The van der Waals surface area contributed by atoms with E-state index in [-0.39, 0.29) is 30.7 Å². The summed E-state index contributed by atoms with van der Waals surface area (Å²) in [6.45, 7) is 11.3. The summed E-state index contributed by atoms with van der Waals surface area (Å²) in [7, 11) is 0. The van der Waals surface area contributed by atoms with Crippen molar-refractivity contribution in [3.8, 4) is 0 Å². The van der Waals surface area contributed by atoms with E-state index in [1.807, 2.05) is 63.8 Å². The first kappa shape index (κ1) is 21.9. The van der Waals surface area contributed by atoms with Crippen molar-refractivity contribution in [1.29, 1.82) is 0 Å². The summed E-state index contributed by atoms with van der Waals surface area (Å²) >= 11 is 5.88. The van der Waals surface area contributed by atoms with Gasteiger partial charge in [-0.25, -0.2) is 0 Å². The Balaban J connectivity index is 2.41. The quantitative estimate of drug-likeness (QED) is 0.701. The van der Waals surface area contributed by atoms with Crippen LogP contribution in [0.5, 0.6) is 0 Å². The molecule has 0 spiro atoms. The average Bonchev–Trinajstić information content (AvgIpc) is 2.50. The highest BCUT2D eigenvalue weighted by Gasteiger charge is 2.18. The minimum atomic E-state index is -0.655. The number of benzene rings is 1. The second-order valence-corrected chi connectivity index (χ2v) is 7.74. The first-order chi connectivity index (χ1) is 11.6.